The molecule has 7 heteroatoms. The Morgan fingerprint density at radius 1 is 1.00 bits per heavy atom. The zero-order chi connectivity index (χ0) is 18.5. The van der Waals surface area contributed by atoms with Crippen molar-refractivity contribution in [3.05, 3.63) is 82.1 Å². The summed E-state index contributed by atoms with van der Waals surface area (Å²) in [5.74, 6) is -0.317. The first-order chi connectivity index (χ1) is 12.5. The van der Waals surface area contributed by atoms with Crippen molar-refractivity contribution in [3.8, 4) is 6.07 Å². The molecule has 2 aromatic carbocycles. The maximum atomic E-state index is 12.4. The van der Waals surface area contributed by atoms with Gasteiger partial charge in [-0.05, 0) is 48.5 Å². The van der Waals surface area contributed by atoms with Crippen LogP contribution < -0.4 is 10.6 Å². The Hall–Kier alpha value is -3.07. The number of carbonyl (C=O) groups excluding carboxylic acids is 1. The molecule has 0 unspecified atom stereocenters. The Balaban J connectivity index is 1.76. The molecule has 0 saturated carbocycles. The summed E-state index contributed by atoms with van der Waals surface area (Å²) in [5.41, 5.74) is 2.70. The Bertz CT molecular complexity index is 997. The van der Waals surface area contributed by atoms with E-state index in [-0.39, 0.29) is 5.91 Å². The minimum Gasteiger partial charge on any atom is -0.353 e. The van der Waals surface area contributed by atoms with E-state index in [1.165, 1.54) is 6.20 Å². The second kappa shape index (κ2) is 7.87. The molecule has 128 valence electrons. The number of carbonyl (C=O) groups is 1. The van der Waals surface area contributed by atoms with Crippen molar-refractivity contribution in [2.45, 2.75) is 0 Å². The number of nitrogens with one attached hydrogen (secondary N) is 2. The predicted molar refractivity (Wildman–Crippen MR) is 103 cm³/mol. The van der Waals surface area contributed by atoms with E-state index in [9.17, 15) is 4.79 Å². The van der Waals surface area contributed by atoms with E-state index in [1.807, 2.05) is 6.07 Å². The summed E-state index contributed by atoms with van der Waals surface area (Å²) in [6.07, 6.45) is 3.04. The van der Waals surface area contributed by atoms with Gasteiger partial charge < -0.3 is 10.6 Å². The molecule has 0 saturated heterocycles. The van der Waals surface area contributed by atoms with Gasteiger partial charge >= 0.3 is 0 Å². The van der Waals surface area contributed by atoms with Gasteiger partial charge in [0.05, 0.1) is 39.8 Å². The van der Waals surface area contributed by atoms with Gasteiger partial charge in [0, 0.05) is 16.9 Å². The molecule has 3 rings (SSSR count). The predicted octanol–water partition coefficient (Wildman–Crippen LogP) is 5.26. The SMILES string of the molecule is N#Cc1ccc(NC(=O)c2cncc(Nc3cc(Cl)ccc3Cl)c2)cc1. The van der Waals surface area contributed by atoms with Crippen molar-refractivity contribution in [2.75, 3.05) is 10.6 Å². The summed E-state index contributed by atoms with van der Waals surface area (Å²) in [6.45, 7) is 0. The van der Waals surface area contributed by atoms with E-state index in [0.717, 1.165) is 0 Å². The van der Waals surface area contributed by atoms with Gasteiger partial charge in [0.25, 0.3) is 5.91 Å². The van der Waals surface area contributed by atoms with Gasteiger partial charge in [-0.15, -0.1) is 0 Å². The van der Waals surface area contributed by atoms with Crippen LogP contribution in [0.2, 0.25) is 10.0 Å². The molecular weight excluding hydrogens is 371 g/mol. The highest BCUT2D eigenvalue weighted by Gasteiger charge is 2.09. The maximum absolute atomic E-state index is 12.4. The smallest absolute Gasteiger partial charge is 0.257 e. The zero-order valence-electron chi connectivity index (χ0n) is 13.3. The number of benzene rings is 2. The highest BCUT2D eigenvalue weighted by atomic mass is 35.5. The number of anilines is 3. The van der Waals surface area contributed by atoms with Crippen LogP contribution in [0.15, 0.2) is 60.9 Å². The first-order valence-electron chi connectivity index (χ1n) is 7.54. The number of halogens is 2. The van der Waals surface area contributed by atoms with Crippen molar-refractivity contribution in [2.24, 2.45) is 0 Å². The zero-order valence-corrected chi connectivity index (χ0v) is 14.8. The number of hydrogen-bond acceptors (Lipinski definition) is 4. The maximum Gasteiger partial charge on any atom is 0.257 e. The summed E-state index contributed by atoms with van der Waals surface area (Å²) < 4.78 is 0. The van der Waals surface area contributed by atoms with Crippen molar-refractivity contribution in [1.29, 1.82) is 5.26 Å². The van der Waals surface area contributed by atoms with Crippen LogP contribution in [0, 0.1) is 11.3 Å². The molecule has 0 atom stereocenters. The standard InChI is InChI=1S/C19H12Cl2N4O/c20-14-3-6-17(21)18(8-14)24-16-7-13(10-23-11-16)19(26)25-15-4-1-12(9-22)2-5-15/h1-8,10-11,24H,(H,25,26). The molecule has 0 aliphatic rings. The van der Waals surface area contributed by atoms with E-state index >= 15 is 0 Å². The van der Waals surface area contributed by atoms with Crippen molar-refractivity contribution >= 4 is 46.2 Å². The first-order valence-corrected chi connectivity index (χ1v) is 8.29. The monoisotopic (exact) mass is 382 g/mol. The van der Waals surface area contributed by atoms with E-state index in [2.05, 4.69) is 15.6 Å². The van der Waals surface area contributed by atoms with Gasteiger partial charge in [0.1, 0.15) is 0 Å². The fraction of sp³-hybridized carbons (Fsp3) is 0. The molecule has 5 nitrogen and oxygen atoms in total. The van der Waals surface area contributed by atoms with Crippen LogP contribution >= 0.6 is 23.2 Å². The normalized spacial score (nSPS) is 10.0. The minimum atomic E-state index is -0.317. The molecule has 1 aromatic heterocycles. The molecular formula is C19H12Cl2N4O. The van der Waals surface area contributed by atoms with E-state index in [1.54, 1.807) is 54.7 Å². The van der Waals surface area contributed by atoms with Gasteiger partial charge in [0.15, 0.2) is 0 Å². The first kappa shape index (κ1) is 17.7. The molecule has 26 heavy (non-hydrogen) atoms. The second-order valence-electron chi connectivity index (χ2n) is 5.35. The Morgan fingerprint density at radius 3 is 2.50 bits per heavy atom. The average molecular weight is 383 g/mol. The highest BCUT2D eigenvalue weighted by molar-refractivity contribution is 6.35. The average Bonchev–Trinajstić information content (AvgIpc) is 2.65. The third-order valence-electron chi connectivity index (χ3n) is 3.48. The van der Waals surface area contributed by atoms with Crippen LogP contribution in [0.5, 0.6) is 0 Å². The van der Waals surface area contributed by atoms with Crippen molar-refractivity contribution in [1.82, 2.24) is 4.98 Å². The molecule has 3 aromatic rings. The van der Waals surface area contributed by atoms with Crippen LogP contribution in [-0.2, 0) is 0 Å². The third-order valence-corrected chi connectivity index (χ3v) is 4.04. The quantitative estimate of drug-likeness (QED) is 0.645. The van der Waals surface area contributed by atoms with Gasteiger partial charge in [-0.25, -0.2) is 0 Å². The summed E-state index contributed by atoms with van der Waals surface area (Å²) in [4.78, 5) is 16.5. The molecule has 2 N–H and O–H groups in total. The summed E-state index contributed by atoms with van der Waals surface area (Å²) >= 11 is 12.1. The fourth-order valence-corrected chi connectivity index (χ4v) is 2.55. The van der Waals surface area contributed by atoms with E-state index in [4.69, 9.17) is 28.5 Å². The lowest BCUT2D eigenvalue weighted by molar-refractivity contribution is 0.102. The van der Waals surface area contributed by atoms with Crippen LogP contribution in [0.4, 0.5) is 17.1 Å². The molecule has 0 aliphatic heterocycles. The number of nitriles is 1. The molecule has 1 amide bonds. The lowest BCUT2D eigenvalue weighted by Crippen LogP contribution is -2.12. The van der Waals surface area contributed by atoms with Crippen LogP contribution in [0.25, 0.3) is 0 Å². The lowest BCUT2D eigenvalue weighted by Gasteiger charge is -2.10. The molecule has 0 aliphatic carbocycles. The summed E-state index contributed by atoms with van der Waals surface area (Å²) in [7, 11) is 0. The van der Waals surface area contributed by atoms with E-state index < -0.39 is 0 Å². The molecule has 0 spiro atoms. The number of rotatable bonds is 4. The summed E-state index contributed by atoms with van der Waals surface area (Å²) in [6, 6.07) is 15.3. The van der Waals surface area contributed by atoms with Crippen LogP contribution in [-0.4, -0.2) is 10.9 Å². The summed E-state index contributed by atoms with van der Waals surface area (Å²) in [5, 5.41) is 15.7. The minimum absolute atomic E-state index is 0.317. The molecule has 0 radical (unpaired) electrons. The Kier molecular flexibility index (Phi) is 5.37. The lowest BCUT2D eigenvalue weighted by atomic mass is 10.2. The van der Waals surface area contributed by atoms with Gasteiger partial charge in [-0.1, -0.05) is 23.2 Å². The molecule has 0 bridgehead atoms. The molecule has 0 fully saturated rings. The number of aromatic nitrogens is 1. The van der Waals surface area contributed by atoms with Crippen LogP contribution in [0.3, 0.4) is 0 Å². The van der Waals surface area contributed by atoms with Crippen LogP contribution in [0.1, 0.15) is 15.9 Å². The van der Waals surface area contributed by atoms with Crippen molar-refractivity contribution in [3.63, 3.8) is 0 Å². The number of amides is 1. The highest BCUT2D eigenvalue weighted by Crippen LogP contribution is 2.28. The number of pyridine rings is 1. The topological polar surface area (TPSA) is 77.8 Å². The Morgan fingerprint density at radius 2 is 1.77 bits per heavy atom. The second-order valence-corrected chi connectivity index (χ2v) is 6.20. The van der Waals surface area contributed by atoms with Gasteiger partial charge in [-0.2, -0.15) is 5.26 Å². The largest absolute Gasteiger partial charge is 0.353 e. The number of nitrogens with zero attached hydrogens (tertiary/aromatic N) is 2. The number of hydrogen-bond donors (Lipinski definition) is 2. The van der Waals surface area contributed by atoms with Gasteiger partial charge in [0.2, 0.25) is 0 Å². The third kappa shape index (κ3) is 4.31. The molecule has 1 heterocycles. The van der Waals surface area contributed by atoms with E-state index in [0.29, 0.717) is 38.2 Å². The van der Waals surface area contributed by atoms with Gasteiger partial charge in [-0.3, -0.25) is 9.78 Å². The Labute approximate surface area is 160 Å². The fourth-order valence-electron chi connectivity index (χ4n) is 2.21. The van der Waals surface area contributed by atoms with Crippen molar-refractivity contribution < 1.29 is 4.79 Å².